The summed E-state index contributed by atoms with van der Waals surface area (Å²) in [6, 6.07) is 7.21. The molecule has 18 heavy (non-hydrogen) atoms. The lowest BCUT2D eigenvalue weighted by atomic mass is 10.2. The number of rotatable bonds is 4. The zero-order valence-corrected chi connectivity index (χ0v) is 11.1. The zero-order chi connectivity index (χ0) is 13.0. The average molecular weight is 269 g/mol. The fraction of sp³-hybridized carbons (Fsp3) is 0.462. The largest absolute Gasteiger partial charge is 0.492 e. The number of halogens is 1. The molecule has 1 heterocycles. The number of amides is 1. The van der Waals surface area contributed by atoms with Crippen LogP contribution in [0.15, 0.2) is 24.3 Å². The van der Waals surface area contributed by atoms with Crippen molar-refractivity contribution in [2.75, 3.05) is 26.2 Å². The number of carbonyl (C=O) groups excluding carboxylic acids is 1. The van der Waals surface area contributed by atoms with Gasteiger partial charge in [-0.2, -0.15) is 0 Å². The maximum absolute atomic E-state index is 11.5. The van der Waals surface area contributed by atoms with E-state index in [1.807, 2.05) is 19.1 Å². The molecule has 1 N–H and O–H groups in total. The van der Waals surface area contributed by atoms with Gasteiger partial charge in [0.2, 0.25) is 5.91 Å². The highest BCUT2D eigenvalue weighted by Crippen LogP contribution is 2.15. The number of benzene rings is 1. The molecule has 1 unspecified atom stereocenters. The van der Waals surface area contributed by atoms with Crippen LogP contribution in [0.2, 0.25) is 5.02 Å². The third kappa shape index (κ3) is 3.37. The summed E-state index contributed by atoms with van der Waals surface area (Å²) in [5.41, 5.74) is 0. The Hall–Kier alpha value is -1.26. The Morgan fingerprint density at radius 1 is 1.44 bits per heavy atom. The fourth-order valence-corrected chi connectivity index (χ4v) is 2.07. The standard InChI is InChI=1S/C13H17ClN2O2/c1-10-13(17)15-6-7-16(10)8-9-18-12-4-2-11(14)3-5-12/h2-5,10H,6-9H2,1H3,(H,15,17). The fourth-order valence-electron chi connectivity index (χ4n) is 1.95. The SMILES string of the molecule is CC1C(=O)NCCN1CCOc1ccc(Cl)cc1. The molecule has 0 saturated carbocycles. The van der Waals surface area contributed by atoms with Gasteiger partial charge in [0, 0.05) is 24.7 Å². The van der Waals surface area contributed by atoms with E-state index < -0.39 is 0 Å². The summed E-state index contributed by atoms with van der Waals surface area (Å²) in [5.74, 6) is 0.890. The number of hydrogen-bond donors (Lipinski definition) is 1. The van der Waals surface area contributed by atoms with Crippen LogP contribution >= 0.6 is 11.6 Å². The number of hydrogen-bond acceptors (Lipinski definition) is 3. The first kappa shape index (κ1) is 13.2. The molecule has 1 saturated heterocycles. The first-order valence-corrected chi connectivity index (χ1v) is 6.45. The van der Waals surface area contributed by atoms with Gasteiger partial charge >= 0.3 is 0 Å². The Morgan fingerprint density at radius 3 is 2.89 bits per heavy atom. The van der Waals surface area contributed by atoms with Crippen molar-refractivity contribution < 1.29 is 9.53 Å². The van der Waals surface area contributed by atoms with Crippen LogP contribution in [-0.2, 0) is 4.79 Å². The zero-order valence-electron chi connectivity index (χ0n) is 10.4. The van der Waals surface area contributed by atoms with Crippen LogP contribution in [0.3, 0.4) is 0 Å². The highest BCUT2D eigenvalue weighted by atomic mass is 35.5. The summed E-state index contributed by atoms with van der Waals surface area (Å²) in [7, 11) is 0. The van der Waals surface area contributed by atoms with E-state index in [1.165, 1.54) is 0 Å². The van der Waals surface area contributed by atoms with E-state index in [4.69, 9.17) is 16.3 Å². The summed E-state index contributed by atoms with van der Waals surface area (Å²) in [4.78, 5) is 13.6. The van der Waals surface area contributed by atoms with E-state index in [2.05, 4.69) is 10.2 Å². The van der Waals surface area contributed by atoms with Gasteiger partial charge in [-0.05, 0) is 31.2 Å². The third-order valence-electron chi connectivity index (χ3n) is 3.09. The third-order valence-corrected chi connectivity index (χ3v) is 3.34. The maximum atomic E-state index is 11.5. The number of nitrogens with one attached hydrogen (secondary N) is 1. The van der Waals surface area contributed by atoms with Crippen LogP contribution in [-0.4, -0.2) is 43.1 Å². The monoisotopic (exact) mass is 268 g/mol. The predicted octanol–water partition coefficient (Wildman–Crippen LogP) is 1.54. The topological polar surface area (TPSA) is 41.6 Å². The average Bonchev–Trinajstić information content (AvgIpc) is 2.37. The van der Waals surface area contributed by atoms with Crippen LogP contribution in [0.1, 0.15) is 6.92 Å². The van der Waals surface area contributed by atoms with E-state index in [-0.39, 0.29) is 11.9 Å². The lowest BCUT2D eigenvalue weighted by Gasteiger charge is -2.32. The van der Waals surface area contributed by atoms with E-state index in [1.54, 1.807) is 12.1 Å². The molecular formula is C13H17ClN2O2. The molecule has 0 spiro atoms. The van der Waals surface area contributed by atoms with Crippen molar-refractivity contribution in [1.29, 1.82) is 0 Å². The molecule has 1 aromatic carbocycles. The molecule has 0 aliphatic carbocycles. The van der Waals surface area contributed by atoms with Crippen molar-refractivity contribution in [2.24, 2.45) is 0 Å². The van der Waals surface area contributed by atoms with E-state index in [9.17, 15) is 4.79 Å². The van der Waals surface area contributed by atoms with Gasteiger partial charge in [-0.25, -0.2) is 0 Å². The van der Waals surface area contributed by atoms with E-state index in [0.717, 1.165) is 18.8 Å². The minimum atomic E-state index is -0.0763. The second-order valence-electron chi connectivity index (χ2n) is 4.31. The maximum Gasteiger partial charge on any atom is 0.237 e. The number of carbonyl (C=O) groups is 1. The van der Waals surface area contributed by atoms with E-state index >= 15 is 0 Å². The molecule has 1 aliphatic heterocycles. The van der Waals surface area contributed by atoms with Crippen LogP contribution in [0, 0.1) is 0 Å². The molecular weight excluding hydrogens is 252 g/mol. The van der Waals surface area contributed by atoms with Gasteiger partial charge in [-0.3, -0.25) is 9.69 Å². The highest BCUT2D eigenvalue weighted by Gasteiger charge is 2.24. The number of ether oxygens (including phenoxy) is 1. The smallest absolute Gasteiger partial charge is 0.237 e. The summed E-state index contributed by atoms with van der Waals surface area (Å²) in [5, 5.41) is 3.54. The highest BCUT2D eigenvalue weighted by molar-refractivity contribution is 6.30. The van der Waals surface area contributed by atoms with Crippen LogP contribution in [0.5, 0.6) is 5.75 Å². The second kappa shape index (κ2) is 6.07. The Morgan fingerprint density at radius 2 is 2.17 bits per heavy atom. The first-order chi connectivity index (χ1) is 8.66. The summed E-state index contributed by atoms with van der Waals surface area (Å²) >= 11 is 5.79. The Balaban J connectivity index is 1.78. The Kier molecular flexibility index (Phi) is 4.44. The van der Waals surface area contributed by atoms with Crippen LogP contribution in [0.25, 0.3) is 0 Å². The van der Waals surface area contributed by atoms with Crippen molar-refractivity contribution in [3.05, 3.63) is 29.3 Å². The summed E-state index contributed by atoms with van der Waals surface area (Å²) < 4.78 is 5.62. The number of piperazine rings is 1. The molecule has 0 radical (unpaired) electrons. The second-order valence-corrected chi connectivity index (χ2v) is 4.74. The predicted molar refractivity (Wildman–Crippen MR) is 71.0 cm³/mol. The van der Waals surface area contributed by atoms with Crippen molar-refractivity contribution in [2.45, 2.75) is 13.0 Å². The van der Waals surface area contributed by atoms with Gasteiger partial charge in [0.25, 0.3) is 0 Å². The Bertz CT molecular complexity index is 408. The lowest BCUT2D eigenvalue weighted by molar-refractivity contribution is -0.128. The van der Waals surface area contributed by atoms with Crippen molar-refractivity contribution >= 4 is 17.5 Å². The molecule has 4 nitrogen and oxygen atoms in total. The lowest BCUT2D eigenvalue weighted by Crippen LogP contribution is -2.54. The van der Waals surface area contributed by atoms with Crippen LogP contribution in [0.4, 0.5) is 0 Å². The summed E-state index contributed by atoms with van der Waals surface area (Å²) in [6.45, 7) is 4.81. The van der Waals surface area contributed by atoms with Gasteiger partial charge < -0.3 is 10.1 Å². The van der Waals surface area contributed by atoms with Gasteiger partial charge in [0.15, 0.2) is 0 Å². The molecule has 1 aliphatic rings. The molecule has 0 aromatic heterocycles. The normalized spacial score (nSPS) is 20.6. The quantitative estimate of drug-likeness (QED) is 0.901. The molecule has 5 heteroatoms. The summed E-state index contributed by atoms with van der Waals surface area (Å²) in [6.07, 6.45) is 0. The van der Waals surface area contributed by atoms with Gasteiger partial charge in [0.05, 0.1) is 6.04 Å². The van der Waals surface area contributed by atoms with Gasteiger partial charge in [0.1, 0.15) is 12.4 Å². The van der Waals surface area contributed by atoms with Crippen molar-refractivity contribution in [1.82, 2.24) is 10.2 Å². The van der Waals surface area contributed by atoms with E-state index in [0.29, 0.717) is 18.2 Å². The molecule has 1 amide bonds. The Labute approximate surface area is 112 Å². The molecule has 98 valence electrons. The molecule has 1 fully saturated rings. The molecule has 2 rings (SSSR count). The van der Waals surface area contributed by atoms with Crippen LogP contribution < -0.4 is 10.1 Å². The minimum Gasteiger partial charge on any atom is -0.492 e. The van der Waals surface area contributed by atoms with Gasteiger partial charge in [-0.1, -0.05) is 11.6 Å². The number of nitrogens with zero attached hydrogens (tertiary/aromatic N) is 1. The molecule has 0 bridgehead atoms. The molecule has 1 atom stereocenters. The van der Waals surface area contributed by atoms with Crippen molar-refractivity contribution in [3.8, 4) is 5.75 Å². The van der Waals surface area contributed by atoms with Gasteiger partial charge in [-0.15, -0.1) is 0 Å². The first-order valence-electron chi connectivity index (χ1n) is 6.07. The molecule has 1 aromatic rings. The van der Waals surface area contributed by atoms with Crippen molar-refractivity contribution in [3.63, 3.8) is 0 Å². The minimum absolute atomic E-state index is 0.0763.